The molecular weight excluding hydrogens is 364 g/mol. The van der Waals surface area contributed by atoms with Gasteiger partial charge in [-0.25, -0.2) is 13.1 Å². The fraction of sp³-hybridized carbons (Fsp3) is 0.350. The van der Waals surface area contributed by atoms with Crippen molar-refractivity contribution >= 4 is 15.9 Å². The van der Waals surface area contributed by atoms with Crippen LogP contribution in [0, 0.1) is 0 Å². The van der Waals surface area contributed by atoms with E-state index in [1.54, 1.807) is 0 Å². The molecule has 0 radical (unpaired) electrons. The van der Waals surface area contributed by atoms with E-state index in [-0.39, 0.29) is 22.9 Å². The van der Waals surface area contributed by atoms with Crippen LogP contribution in [0.4, 0.5) is 0 Å². The van der Waals surface area contributed by atoms with Gasteiger partial charge in [0.1, 0.15) is 5.75 Å². The lowest BCUT2D eigenvalue weighted by Crippen LogP contribution is -2.43. The Hall–Kier alpha value is -2.38. The number of nitrogens with one attached hydrogen (secondary N) is 2. The number of rotatable bonds is 8. The van der Waals surface area contributed by atoms with E-state index in [2.05, 4.69) is 10.0 Å². The van der Waals surface area contributed by atoms with E-state index < -0.39 is 10.0 Å². The van der Waals surface area contributed by atoms with E-state index >= 15 is 0 Å². The summed E-state index contributed by atoms with van der Waals surface area (Å²) in [6.07, 6.45) is 0.615. The van der Waals surface area contributed by atoms with Gasteiger partial charge in [0.2, 0.25) is 10.0 Å². The number of ether oxygens (including phenoxy) is 1. The predicted octanol–water partition coefficient (Wildman–Crippen LogP) is 2.50. The molecular formula is C20H26N2O4S. The molecule has 0 unspecified atom stereocenters. The minimum Gasteiger partial charge on any atom is -0.484 e. The third-order valence-corrected chi connectivity index (χ3v) is 5.04. The van der Waals surface area contributed by atoms with Crippen LogP contribution in [0.3, 0.4) is 0 Å². The molecule has 0 atom stereocenters. The molecule has 0 aliphatic rings. The van der Waals surface area contributed by atoms with Gasteiger partial charge in [0.15, 0.2) is 6.61 Å². The summed E-state index contributed by atoms with van der Waals surface area (Å²) in [6.45, 7) is 5.84. The van der Waals surface area contributed by atoms with Crippen molar-refractivity contribution in [2.75, 3.05) is 13.2 Å². The Morgan fingerprint density at radius 2 is 1.63 bits per heavy atom. The number of carbonyl (C=O) groups is 1. The van der Waals surface area contributed by atoms with Gasteiger partial charge in [0.25, 0.3) is 5.91 Å². The van der Waals surface area contributed by atoms with Crippen molar-refractivity contribution in [3.8, 4) is 5.75 Å². The van der Waals surface area contributed by atoms with Crippen molar-refractivity contribution in [3.63, 3.8) is 0 Å². The highest BCUT2D eigenvalue weighted by molar-refractivity contribution is 7.89. The van der Waals surface area contributed by atoms with Gasteiger partial charge in [0.05, 0.1) is 4.90 Å². The summed E-state index contributed by atoms with van der Waals surface area (Å²) in [5, 5.41) is 2.79. The first-order chi connectivity index (χ1) is 12.7. The lowest BCUT2D eigenvalue weighted by Gasteiger charge is -2.20. The summed E-state index contributed by atoms with van der Waals surface area (Å²) >= 11 is 0. The number of amides is 1. The predicted molar refractivity (Wildman–Crippen MR) is 105 cm³/mol. The van der Waals surface area contributed by atoms with E-state index in [1.807, 2.05) is 51.1 Å². The lowest BCUT2D eigenvalue weighted by atomic mass is 10.1. The monoisotopic (exact) mass is 390 g/mol. The van der Waals surface area contributed by atoms with Crippen LogP contribution >= 0.6 is 0 Å². The lowest BCUT2D eigenvalue weighted by molar-refractivity contribution is -0.124. The average Bonchev–Trinajstić information content (AvgIpc) is 2.60. The Labute approximate surface area is 161 Å². The fourth-order valence-electron chi connectivity index (χ4n) is 2.38. The summed E-state index contributed by atoms with van der Waals surface area (Å²) in [5.74, 6) is 0.198. The van der Waals surface area contributed by atoms with Gasteiger partial charge in [-0.1, -0.05) is 30.3 Å². The Bertz CT molecular complexity index is 842. The normalized spacial score (nSPS) is 11.8. The zero-order valence-corrected chi connectivity index (χ0v) is 16.7. The summed E-state index contributed by atoms with van der Waals surface area (Å²) in [4.78, 5) is 11.9. The maximum atomic E-state index is 12.3. The molecule has 0 aliphatic carbocycles. The van der Waals surface area contributed by atoms with Crippen molar-refractivity contribution < 1.29 is 17.9 Å². The van der Waals surface area contributed by atoms with Crippen molar-refractivity contribution in [2.24, 2.45) is 0 Å². The standard InChI is InChI=1S/C20H26N2O4S/c1-20(2,3)22-19(23)15-26-17-9-11-18(12-10-17)27(24,25)21-14-13-16-7-5-4-6-8-16/h4-12,21H,13-15H2,1-3H3,(H,22,23). The number of hydrogen-bond donors (Lipinski definition) is 2. The second-order valence-electron chi connectivity index (χ2n) is 7.19. The maximum absolute atomic E-state index is 12.3. The summed E-state index contributed by atoms with van der Waals surface area (Å²) < 4.78 is 32.7. The third kappa shape index (κ3) is 7.40. The second-order valence-corrected chi connectivity index (χ2v) is 8.96. The quantitative estimate of drug-likeness (QED) is 0.725. The number of carbonyl (C=O) groups excluding carboxylic acids is 1. The van der Waals surface area contributed by atoms with Crippen LogP contribution in [0.25, 0.3) is 0 Å². The first kappa shape index (κ1) is 20.9. The Morgan fingerprint density at radius 1 is 1.00 bits per heavy atom. The first-order valence-corrected chi connectivity index (χ1v) is 10.2. The van der Waals surface area contributed by atoms with E-state index in [9.17, 15) is 13.2 Å². The molecule has 0 fully saturated rings. The molecule has 2 aromatic carbocycles. The molecule has 0 bridgehead atoms. The van der Waals surface area contributed by atoms with Gasteiger partial charge >= 0.3 is 0 Å². The molecule has 0 aliphatic heterocycles. The van der Waals surface area contributed by atoms with Crippen LogP contribution < -0.4 is 14.8 Å². The third-order valence-electron chi connectivity index (χ3n) is 3.57. The SMILES string of the molecule is CC(C)(C)NC(=O)COc1ccc(S(=O)(=O)NCCc2ccccc2)cc1. The van der Waals surface area contributed by atoms with E-state index in [1.165, 1.54) is 24.3 Å². The molecule has 0 spiro atoms. The van der Waals surface area contributed by atoms with Crippen LogP contribution in [-0.4, -0.2) is 33.0 Å². The highest BCUT2D eigenvalue weighted by atomic mass is 32.2. The molecule has 1 amide bonds. The van der Waals surface area contributed by atoms with Gasteiger partial charge < -0.3 is 10.1 Å². The van der Waals surface area contributed by atoms with E-state index in [0.717, 1.165) is 5.56 Å². The largest absolute Gasteiger partial charge is 0.484 e. The van der Waals surface area contributed by atoms with Crippen LogP contribution in [-0.2, 0) is 21.2 Å². The van der Waals surface area contributed by atoms with Crippen LogP contribution in [0.2, 0.25) is 0 Å². The zero-order chi connectivity index (χ0) is 19.9. The molecule has 2 N–H and O–H groups in total. The molecule has 0 saturated carbocycles. The molecule has 0 saturated heterocycles. The highest BCUT2D eigenvalue weighted by Crippen LogP contribution is 2.16. The molecule has 0 heterocycles. The molecule has 2 rings (SSSR count). The van der Waals surface area contributed by atoms with Crippen LogP contribution in [0.15, 0.2) is 59.5 Å². The Balaban J connectivity index is 1.86. The number of hydrogen-bond acceptors (Lipinski definition) is 4. The first-order valence-electron chi connectivity index (χ1n) is 8.73. The van der Waals surface area contributed by atoms with Gasteiger partial charge in [-0.3, -0.25) is 4.79 Å². The molecule has 0 aromatic heterocycles. The molecule has 146 valence electrons. The molecule has 27 heavy (non-hydrogen) atoms. The van der Waals surface area contributed by atoms with Gasteiger partial charge in [-0.15, -0.1) is 0 Å². The topological polar surface area (TPSA) is 84.5 Å². The van der Waals surface area contributed by atoms with E-state index in [4.69, 9.17) is 4.74 Å². The second kappa shape index (κ2) is 9.01. The summed E-state index contributed by atoms with van der Waals surface area (Å²) in [6, 6.07) is 15.7. The number of sulfonamides is 1. The molecule has 2 aromatic rings. The molecule has 6 nitrogen and oxygen atoms in total. The zero-order valence-electron chi connectivity index (χ0n) is 15.9. The summed E-state index contributed by atoms with van der Waals surface area (Å²) in [5.41, 5.74) is 0.738. The highest BCUT2D eigenvalue weighted by Gasteiger charge is 2.15. The minimum absolute atomic E-state index is 0.126. The maximum Gasteiger partial charge on any atom is 0.258 e. The Kier molecular flexibility index (Phi) is 6.98. The smallest absolute Gasteiger partial charge is 0.258 e. The van der Waals surface area contributed by atoms with Crippen molar-refractivity contribution in [3.05, 3.63) is 60.2 Å². The average molecular weight is 391 g/mol. The van der Waals surface area contributed by atoms with Crippen molar-refractivity contribution in [1.29, 1.82) is 0 Å². The van der Waals surface area contributed by atoms with Crippen molar-refractivity contribution in [1.82, 2.24) is 10.0 Å². The minimum atomic E-state index is -3.59. The van der Waals surface area contributed by atoms with E-state index in [0.29, 0.717) is 18.7 Å². The fourth-order valence-corrected chi connectivity index (χ4v) is 3.41. The van der Waals surface area contributed by atoms with Crippen LogP contribution in [0.5, 0.6) is 5.75 Å². The van der Waals surface area contributed by atoms with Gasteiger partial charge in [0, 0.05) is 12.1 Å². The number of benzene rings is 2. The van der Waals surface area contributed by atoms with Gasteiger partial charge in [-0.2, -0.15) is 0 Å². The van der Waals surface area contributed by atoms with Crippen LogP contribution in [0.1, 0.15) is 26.3 Å². The van der Waals surface area contributed by atoms with Crippen molar-refractivity contribution in [2.45, 2.75) is 37.6 Å². The Morgan fingerprint density at radius 3 is 2.22 bits per heavy atom. The van der Waals surface area contributed by atoms with Gasteiger partial charge in [-0.05, 0) is 57.0 Å². The summed E-state index contributed by atoms with van der Waals surface area (Å²) in [7, 11) is -3.59. The molecule has 7 heteroatoms.